The van der Waals surface area contributed by atoms with E-state index in [0.717, 1.165) is 37.6 Å². The summed E-state index contributed by atoms with van der Waals surface area (Å²) in [5.41, 5.74) is 2.04. The Balaban J connectivity index is 1.63. The highest BCUT2D eigenvalue weighted by molar-refractivity contribution is 7.12. The van der Waals surface area contributed by atoms with Crippen LogP contribution in [0.1, 0.15) is 15.2 Å². The molecule has 144 valence electrons. The average molecular weight is 413 g/mol. The van der Waals surface area contributed by atoms with E-state index in [1.54, 1.807) is 13.1 Å². The van der Waals surface area contributed by atoms with Gasteiger partial charge in [-0.25, -0.2) is 0 Å². The molecule has 2 aromatic heterocycles. The van der Waals surface area contributed by atoms with Gasteiger partial charge in [-0.05, 0) is 35.2 Å². The van der Waals surface area contributed by atoms with E-state index >= 15 is 0 Å². The van der Waals surface area contributed by atoms with Crippen molar-refractivity contribution in [2.24, 2.45) is 7.05 Å². The van der Waals surface area contributed by atoms with Crippen LogP contribution in [0, 0.1) is 0 Å². The van der Waals surface area contributed by atoms with Crippen LogP contribution in [0.3, 0.4) is 0 Å². The van der Waals surface area contributed by atoms with Crippen LogP contribution in [0.5, 0.6) is 0 Å². The number of ether oxygens (including phenoxy) is 1. The number of carbonyl (C=O) groups excluding carboxylic acids is 1. The number of morpholine rings is 1. The van der Waals surface area contributed by atoms with Crippen LogP contribution in [0.4, 0.5) is 5.69 Å². The zero-order chi connectivity index (χ0) is 19.5. The average Bonchev–Trinajstić information content (AvgIpc) is 3.35. The van der Waals surface area contributed by atoms with Crippen LogP contribution in [0.15, 0.2) is 46.6 Å². The van der Waals surface area contributed by atoms with Crippen molar-refractivity contribution < 1.29 is 9.53 Å². The zero-order valence-corrected chi connectivity index (χ0v) is 17.1. The summed E-state index contributed by atoms with van der Waals surface area (Å²) in [6.45, 7) is 3.29. The Labute approximate surface area is 170 Å². The molecule has 0 spiro atoms. The van der Waals surface area contributed by atoms with Gasteiger partial charge in [-0.3, -0.25) is 9.59 Å². The minimum absolute atomic E-state index is 0.0757. The van der Waals surface area contributed by atoms with E-state index in [1.165, 1.54) is 33.3 Å². The van der Waals surface area contributed by atoms with Crippen LogP contribution in [-0.4, -0.2) is 36.7 Å². The molecule has 4 rings (SSSR count). The van der Waals surface area contributed by atoms with E-state index in [-0.39, 0.29) is 11.3 Å². The van der Waals surface area contributed by atoms with Crippen LogP contribution >= 0.6 is 22.7 Å². The van der Waals surface area contributed by atoms with Gasteiger partial charge in [-0.2, -0.15) is 0 Å². The Morgan fingerprint density at radius 1 is 1.14 bits per heavy atom. The number of Topliss-reactive ketones (excluding diaryl/α,β-unsaturated/α-hetero) is 1. The number of rotatable bonds is 4. The fourth-order valence-corrected chi connectivity index (χ4v) is 4.73. The molecule has 1 fully saturated rings. The smallest absolute Gasteiger partial charge is 0.268 e. The quantitative estimate of drug-likeness (QED) is 0.614. The van der Waals surface area contributed by atoms with Gasteiger partial charge in [0.05, 0.1) is 22.6 Å². The number of ketones is 1. The number of aromatic nitrogens is 1. The largest absolute Gasteiger partial charge is 0.378 e. The van der Waals surface area contributed by atoms with Crippen molar-refractivity contribution >= 4 is 46.3 Å². The van der Waals surface area contributed by atoms with Crippen molar-refractivity contribution in [3.05, 3.63) is 71.8 Å². The third kappa shape index (κ3) is 4.01. The first-order valence-corrected chi connectivity index (χ1v) is 10.7. The summed E-state index contributed by atoms with van der Waals surface area (Å²) < 4.78 is 8.19. The SMILES string of the molecule is Cn1c(=O)/c(=C\c2ccc(N3CCOCC3)cc2)s/c1=C\C(=O)c1cccs1. The Bertz CT molecular complexity index is 1140. The molecule has 0 aliphatic carbocycles. The fraction of sp³-hybridized carbons (Fsp3) is 0.238. The molecule has 0 bridgehead atoms. The van der Waals surface area contributed by atoms with Gasteiger partial charge in [0.1, 0.15) is 4.66 Å². The monoisotopic (exact) mass is 412 g/mol. The first-order valence-electron chi connectivity index (χ1n) is 9.02. The molecule has 1 aromatic carbocycles. The number of hydrogen-bond acceptors (Lipinski definition) is 6. The molecule has 0 atom stereocenters. The standard InChI is InChI=1S/C21H20N2O3S2/c1-22-20(14-17(24)18-3-2-12-27-18)28-19(21(22)25)13-15-4-6-16(7-5-15)23-8-10-26-11-9-23/h2-7,12-14H,8-11H2,1H3/b19-13+,20-14-. The normalized spacial score (nSPS) is 16.0. The van der Waals surface area contributed by atoms with Gasteiger partial charge >= 0.3 is 0 Å². The first kappa shape index (κ1) is 18.9. The first-order chi connectivity index (χ1) is 13.6. The summed E-state index contributed by atoms with van der Waals surface area (Å²) in [6.07, 6.45) is 3.42. The van der Waals surface area contributed by atoms with Crippen molar-refractivity contribution in [3.8, 4) is 0 Å². The second-order valence-electron chi connectivity index (χ2n) is 6.49. The molecule has 28 heavy (non-hydrogen) atoms. The number of anilines is 1. The van der Waals surface area contributed by atoms with E-state index in [9.17, 15) is 9.59 Å². The number of hydrogen-bond donors (Lipinski definition) is 0. The lowest BCUT2D eigenvalue weighted by Gasteiger charge is -2.28. The van der Waals surface area contributed by atoms with Crippen molar-refractivity contribution in [3.63, 3.8) is 0 Å². The Hall–Kier alpha value is -2.48. The van der Waals surface area contributed by atoms with Gasteiger partial charge in [-0.1, -0.05) is 18.2 Å². The molecule has 5 nitrogen and oxygen atoms in total. The van der Waals surface area contributed by atoms with Crippen LogP contribution < -0.4 is 19.7 Å². The second kappa shape index (κ2) is 8.26. The van der Waals surface area contributed by atoms with Gasteiger partial charge in [0.25, 0.3) is 5.56 Å². The third-order valence-electron chi connectivity index (χ3n) is 4.65. The van der Waals surface area contributed by atoms with Crippen molar-refractivity contribution in [1.29, 1.82) is 0 Å². The zero-order valence-electron chi connectivity index (χ0n) is 15.5. The van der Waals surface area contributed by atoms with Crippen LogP contribution in [0.25, 0.3) is 12.2 Å². The predicted molar refractivity (Wildman–Crippen MR) is 115 cm³/mol. The lowest BCUT2D eigenvalue weighted by molar-refractivity contribution is 0.106. The molecule has 1 aliphatic rings. The molecule has 1 aliphatic heterocycles. The molecule has 0 saturated carbocycles. The highest BCUT2D eigenvalue weighted by Crippen LogP contribution is 2.17. The second-order valence-corrected chi connectivity index (χ2v) is 8.50. The van der Waals surface area contributed by atoms with Crippen LogP contribution in [-0.2, 0) is 11.8 Å². The van der Waals surface area contributed by atoms with Crippen LogP contribution in [0.2, 0.25) is 0 Å². The third-order valence-corrected chi connectivity index (χ3v) is 6.64. The van der Waals surface area contributed by atoms with Gasteiger partial charge in [-0.15, -0.1) is 22.7 Å². The van der Waals surface area contributed by atoms with Gasteiger partial charge in [0.2, 0.25) is 0 Å². The molecule has 7 heteroatoms. The number of nitrogens with zero attached hydrogens (tertiary/aromatic N) is 2. The van der Waals surface area contributed by atoms with Gasteiger partial charge in [0.15, 0.2) is 5.78 Å². The molecular formula is C21H20N2O3S2. The molecule has 0 radical (unpaired) electrons. The van der Waals surface area contributed by atoms with Crippen molar-refractivity contribution in [2.75, 3.05) is 31.2 Å². The molecule has 0 N–H and O–H groups in total. The van der Waals surface area contributed by atoms with E-state index in [0.29, 0.717) is 14.1 Å². The molecule has 1 saturated heterocycles. The summed E-state index contributed by atoms with van der Waals surface area (Å²) in [5, 5.41) is 1.87. The van der Waals surface area contributed by atoms with E-state index < -0.39 is 0 Å². The lowest BCUT2D eigenvalue weighted by Crippen LogP contribution is -2.36. The Morgan fingerprint density at radius 3 is 2.57 bits per heavy atom. The Kier molecular flexibility index (Phi) is 5.57. The molecule has 3 aromatic rings. The summed E-state index contributed by atoms with van der Waals surface area (Å²) >= 11 is 2.73. The highest BCUT2D eigenvalue weighted by atomic mass is 32.1. The molecule has 0 unspecified atom stereocenters. The number of benzene rings is 1. The van der Waals surface area contributed by atoms with E-state index in [4.69, 9.17) is 4.74 Å². The van der Waals surface area contributed by atoms with Crippen molar-refractivity contribution in [2.45, 2.75) is 0 Å². The number of carbonyl (C=O) groups is 1. The molecular weight excluding hydrogens is 392 g/mol. The summed E-state index contributed by atoms with van der Waals surface area (Å²) in [4.78, 5) is 27.8. The van der Waals surface area contributed by atoms with Crippen molar-refractivity contribution in [1.82, 2.24) is 4.57 Å². The summed E-state index contributed by atoms with van der Waals surface area (Å²) in [6, 6.07) is 11.8. The number of thiophene rings is 1. The van der Waals surface area contributed by atoms with Gasteiger partial charge < -0.3 is 14.2 Å². The van der Waals surface area contributed by atoms with E-state index in [1.807, 2.05) is 29.7 Å². The topological polar surface area (TPSA) is 51.5 Å². The maximum absolute atomic E-state index is 12.6. The lowest BCUT2D eigenvalue weighted by atomic mass is 10.2. The maximum Gasteiger partial charge on any atom is 0.268 e. The minimum Gasteiger partial charge on any atom is -0.378 e. The number of thiazole rings is 1. The van der Waals surface area contributed by atoms with E-state index in [2.05, 4.69) is 17.0 Å². The predicted octanol–water partition coefficient (Wildman–Crippen LogP) is 1.84. The highest BCUT2D eigenvalue weighted by Gasteiger charge is 2.11. The Morgan fingerprint density at radius 2 is 1.89 bits per heavy atom. The molecule has 3 heterocycles. The summed E-state index contributed by atoms with van der Waals surface area (Å²) in [7, 11) is 1.70. The summed E-state index contributed by atoms with van der Waals surface area (Å²) in [5.74, 6) is -0.0757. The maximum atomic E-state index is 12.6. The molecule has 0 amide bonds. The fourth-order valence-electron chi connectivity index (χ4n) is 3.06. The minimum atomic E-state index is -0.0903. The van der Waals surface area contributed by atoms with Gasteiger partial charge in [0, 0.05) is 31.9 Å².